The monoisotopic (exact) mass is 342 g/mol. The first-order valence-corrected chi connectivity index (χ1v) is 7.90. The first kappa shape index (κ1) is 16.8. The summed E-state index contributed by atoms with van der Waals surface area (Å²) in [7, 11) is 0. The van der Waals surface area contributed by atoms with Gasteiger partial charge in [0.15, 0.2) is 16.9 Å². The minimum atomic E-state index is -1.74. The van der Waals surface area contributed by atoms with E-state index in [9.17, 15) is 19.8 Å². The molecule has 130 valence electrons. The summed E-state index contributed by atoms with van der Waals surface area (Å²) >= 11 is 0. The average Bonchev–Trinajstić information content (AvgIpc) is 2.58. The number of hydrogen-bond acceptors (Lipinski definition) is 6. The SMILES string of the molecule is CCOC(=O)C1(c2cc(C)c(O)c(O)c2)Cc2ccccc2OC1=O. The van der Waals surface area contributed by atoms with Crippen LogP contribution in [0.3, 0.4) is 0 Å². The molecule has 1 heterocycles. The van der Waals surface area contributed by atoms with E-state index < -0.39 is 23.1 Å². The Kier molecular flexibility index (Phi) is 4.12. The summed E-state index contributed by atoms with van der Waals surface area (Å²) in [6, 6.07) is 9.63. The molecule has 1 aliphatic heterocycles. The Labute approximate surface area is 144 Å². The van der Waals surface area contributed by atoms with Crippen LogP contribution in [0.25, 0.3) is 0 Å². The lowest BCUT2D eigenvalue weighted by Gasteiger charge is -2.34. The van der Waals surface area contributed by atoms with Crippen molar-refractivity contribution in [2.45, 2.75) is 25.7 Å². The first-order chi connectivity index (χ1) is 11.9. The largest absolute Gasteiger partial charge is 0.504 e. The van der Waals surface area contributed by atoms with Crippen LogP contribution in [0, 0.1) is 6.92 Å². The molecule has 0 saturated heterocycles. The van der Waals surface area contributed by atoms with Gasteiger partial charge in [-0.05, 0) is 42.7 Å². The molecule has 1 atom stereocenters. The number of phenolic OH excluding ortho intramolecular Hbond substituents is 2. The van der Waals surface area contributed by atoms with Gasteiger partial charge in [-0.15, -0.1) is 0 Å². The lowest BCUT2D eigenvalue weighted by molar-refractivity contribution is -0.161. The quantitative estimate of drug-likeness (QED) is 0.385. The van der Waals surface area contributed by atoms with Gasteiger partial charge in [-0.2, -0.15) is 0 Å². The smallest absolute Gasteiger partial charge is 0.333 e. The Hall–Kier alpha value is -3.02. The van der Waals surface area contributed by atoms with E-state index in [0.29, 0.717) is 16.9 Å². The summed E-state index contributed by atoms with van der Waals surface area (Å²) < 4.78 is 10.5. The number of para-hydroxylation sites is 1. The number of hydrogen-bond donors (Lipinski definition) is 2. The maximum Gasteiger partial charge on any atom is 0.333 e. The van der Waals surface area contributed by atoms with E-state index in [2.05, 4.69) is 0 Å². The van der Waals surface area contributed by atoms with Crippen LogP contribution in [0.5, 0.6) is 17.2 Å². The maximum absolute atomic E-state index is 12.8. The van der Waals surface area contributed by atoms with Crippen molar-refractivity contribution in [3.63, 3.8) is 0 Å². The van der Waals surface area contributed by atoms with Gasteiger partial charge in [0.05, 0.1) is 6.61 Å². The van der Waals surface area contributed by atoms with Gasteiger partial charge in [0.1, 0.15) is 5.75 Å². The highest BCUT2D eigenvalue weighted by Crippen LogP contribution is 2.42. The van der Waals surface area contributed by atoms with Crippen LogP contribution < -0.4 is 4.74 Å². The molecule has 6 nitrogen and oxygen atoms in total. The fourth-order valence-electron chi connectivity index (χ4n) is 3.05. The normalized spacial score (nSPS) is 19.0. The summed E-state index contributed by atoms with van der Waals surface area (Å²) in [5.74, 6) is -1.84. The van der Waals surface area contributed by atoms with Crippen LogP contribution in [0.15, 0.2) is 36.4 Å². The lowest BCUT2D eigenvalue weighted by Crippen LogP contribution is -2.51. The van der Waals surface area contributed by atoms with Gasteiger partial charge >= 0.3 is 11.9 Å². The lowest BCUT2D eigenvalue weighted by atomic mass is 9.73. The van der Waals surface area contributed by atoms with Crippen LogP contribution in [-0.2, 0) is 26.2 Å². The van der Waals surface area contributed by atoms with Gasteiger partial charge in [-0.3, -0.25) is 9.59 Å². The first-order valence-electron chi connectivity index (χ1n) is 7.90. The number of carbonyl (C=O) groups excluding carboxylic acids is 2. The fraction of sp³-hybridized carbons (Fsp3) is 0.263. The fourth-order valence-corrected chi connectivity index (χ4v) is 3.05. The van der Waals surface area contributed by atoms with Crippen molar-refractivity contribution in [1.82, 2.24) is 0 Å². The molecule has 1 unspecified atom stereocenters. The number of esters is 2. The van der Waals surface area contributed by atoms with Crippen molar-refractivity contribution in [2.75, 3.05) is 6.61 Å². The number of benzene rings is 2. The van der Waals surface area contributed by atoms with Gasteiger partial charge < -0.3 is 19.7 Å². The molecule has 1 aliphatic rings. The second-order valence-electron chi connectivity index (χ2n) is 5.96. The van der Waals surface area contributed by atoms with Crippen molar-refractivity contribution in [3.05, 3.63) is 53.1 Å². The molecule has 0 amide bonds. The third-order valence-electron chi connectivity index (χ3n) is 4.38. The third kappa shape index (κ3) is 2.59. The van der Waals surface area contributed by atoms with Gasteiger partial charge in [0.2, 0.25) is 0 Å². The van der Waals surface area contributed by atoms with Crippen molar-refractivity contribution in [1.29, 1.82) is 0 Å². The second-order valence-corrected chi connectivity index (χ2v) is 5.96. The molecule has 0 fully saturated rings. The molecule has 3 rings (SSSR count). The van der Waals surface area contributed by atoms with E-state index in [4.69, 9.17) is 9.47 Å². The minimum absolute atomic E-state index is 0.0461. The molecule has 0 aliphatic carbocycles. The molecule has 25 heavy (non-hydrogen) atoms. The topological polar surface area (TPSA) is 93.1 Å². The zero-order valence-corrected chi connectivity index (χ0v) is 13.9. The number of aryl methyl sites for hydroxylation is 1. The van der Waals surface area contributed by atoms with Crippen LogP contribution in [0.2, 0.25) is 0 Å². The molecule has 0 spiro atoms. The number of phenols is 2. The molecule has 6 heteroatoms. The number of fused-ring (bicyclic) bond motifs is 1. The number of aromatic hydroxyl groups is 2. The Balaban J connectivity index is 2.22. The van der Waals surface area contributed by atoms with E-state index in [1.165, 1.54) is 12.1 Å². The summed E-state index contributed by atoms with van der Waals surface area (Å²) in [6.07, 6.45) is 0.0461. The highest BCUT2D eigenvalue weighted by atomic mass is 16.6. The molecule has 2 aromatic rings. The Morgan fingerprint density at radius 3 is 2.68 bits per heavy atom. The van der Waals surface area contributed by atoms with Crippen LogP contribution in [-0.4, -0.2) is 28.8 Å². The second kappa shape index (κ2) is 6.12. The van der Waals surface area contributed by atoms with E-state index in [-0.39, 0.29) is 24.3 Å². The van der Waals surface area contributed by atoms with Gasteiger partial charge in [0, 0.05) is 6.42 Å². The molecule has 0 bridgehead atoms. The van der Waals surface area contributed by atoms with Crippen LogP contribution in [0.4, 0.5) is 0 Å². The van der Waals surface area contributed by atoms with E-state index in [1.807, 2.05) is 0 Å². The number of carbonyl (C=O) groups is 2. The maximum atomic E-state index is 12.8. The van der Waals surface area contributed by atoms with E-state index in [0.717, 1.165) is 0 Å². The molecular weight excluding hydrogens is 324 g/mol. The predicted molar refractivity (Wildman–Crippen MR) is 88.6 cm³/mol. The highest BCUT2D eigenvalue weighted by Gasteiger charge is 2.54. The summed E-state index contributed by atoms with van der Waals surface area (Å²) in [6.45, 7) is 3.31. The number of rotatable bonds is 3. The summed E-state index contributed by atoms with van der Waals surface area (Å²) in [5.41, 5.74) is -0.496. The Bertz CT molecular complexity index is 834. The molecule has 2 N–H and O–H groups in total. The van der Waals surface area contributed by atoms with Gasteiger partial charge in [-0.1, -0.05) is 24.3 Å². The van der Waals surface area contributed by atoms with Crippen LogP contribution in [0.1, 0.15) is 23.6 Å². The zero-order chi connectivity index (χ0) is 18.2. The van der Waals surface area contributed by atoms with Crippen molar-refractivity contribution in [2.24, 2.45) is 0 Å². The Morgan fingerprint density at radius 2 is 2.00 bits per heavy atom. The van der Waals surface area contributed by atoms with Crippen molar-refractivity contribution in [3.8, 4) is 17.2 Å². The summed E-state index contributed by atoms with van der Waals surface area (Å²) in [5, 5.41) is 19.8. The third-order valence-corrected chi connectivity index (χ3v) is 4.38. The molecule has 2 aromatic carbocycles. The molecule has 0 radical (unpaired) electrons. The highest BCUT2D eigenvalue weighted by molar-refractivity contribution is 6.08. The van der Waals surface area contributed by atoms with E-state index in [1.54, 1.807) is 38.1 Å². The average molecular weight is 342 g/mol. The summed E-state index contributed by atoms with van der Waals surface area (Å²) in [4.78, 5) is 25.6. The molecule has 0 saturated carbocycles. The number of ether oxygens (including phenoxy) is 2. The van der Waals surface area contributed by atoms with Gasteiger partial charge in [0.25, 0.3) is 0 Å². The standard InChI is InChI=1S/C19H18O6/c1-3-24-17(22)19(13-8-11(2)16(21)14(20)9-13)10-12-6-4-5-7-15(12)25-18(19)23/h4-9,20-21H,3,10H2,1-2H3. The van der Waals surface area contributed by atoms with Crippen molar-refractivity contribution >= 4 is 11.9 Å². The minimum Gasteiger partial charge on any atom is -0.504 e. The predicted octanol–water partition coefficient (Wildman–Crippen LogP) is 2.37. The van der Waals surface area contributed by atoms with Gasteiger partial charge in [-0.25, -0.2) is 0 Å². The zero-order valence-electron chi connectivity index (χ0n) is 13.9. The van der Waals surface area contributed by atoms with E-state index >= 15 is 0 Å². The molecular formula is C19H18O6. The van der Waals surface area contributed by atoms with Crippen molar-refractivity contribution < 1.29 is 29.3 Å². The molecule has 0 aromatic heterocycles. The van der Waals surface area contributed by atoms with Crippen LogP contribution >= 0.6 is 0 Å². The Morgan fingerprint density at radius 1 is 1.28 bits per heavy atom.